The molecule has 3 N–H and O–H groups in total. The summed E-state index contributed by atoms with van der Waals surface area (Å²) in [5.41, 5.74) is 2.22. The second kappa shape index (κ2) is 12.0. The number of hydrogen-bond acceptors (Lipinski definition) is 4. The number of anilines is 2. The number of carbonyl (C=O) groups is 2. The lowest BCUT2D eigenvalue weighted by molar-refractivity contribution is 0.0976. The number of unbranched alkanes of at least 4 members (excludes halogenated alkanes) is 1. The quantitative estimate of drug-likeness (QED) is 0.276. The highest BCUT2D eigenvalue weighted by Crippen LogP contribution is 2.17. The Morgan fingerprint density at radius 1 is 0.879 bits per heavy atom. The Morgan fingerprint density at radius 2 is 1.55 bits per heavy atom. The molecule has 0 radical (unpaired) electrons. The van der Waals surface area contributed by atoms with Gasteiger partial charge in [-0.2, -0.15) is 0 Å². The zero-order chi connectivity index (χ0) is 23.6. The Kier molecular flexibility index (Phi) is 8.80. The summed E-state index contributed by atoms with van der Waals surface area (Å²) >= 11 is 11.2. The third-order valence-corrected chi connectivity index (χ3v) is 5.04. The molecule has 0 saturated heterocycles. The standard InChI is InChI=1S/C25H24ClN3O3S/c1-2-3-15-32-22-13-7-17(8-14-22)23(30)29-25(33)28-21-11-9-20(10-12-21)27-24(31)18-5-4-6-19(26)16-18/h4-14,16H,2-3,15H2,1H3,(H,27,31)(H2,28,29,30,33). The fraction of sp³-hybridized carbons (Fsp3) is 0.160. The number of benzene rings is 3. The average Bonchev–Trinajstić information content (AvgIpc) is 2.81. The summed E-state index contributed by atoms with van der Waals surface area (Å²) in [7, 11) is 0. The minimum absolute atomic E-state index is 0.166. The third-order valence-electron chi connectivity index (χ3n) is 4.60. The maximum atomic E-state index is 12.4. The summed E-state index contributed by atoms with van der Waals surface area (Å²) in [6, 6.07) is 20.6. The van der Waals surface area contributed by atoms with Gasteiger partial charge in [-0.3, -0.25) is 14.9 Å². The molecule has 0 aliphatic rings. The van der Waals surface area contributed by atoms with Gasteiger partial charge in [0.05, 0.1) is 6.61 Å². The molecule has 0 bridgehead atoms. The second-order valence-electron chi connectivity index (χ2n) is 7.18. The Balaban J connectivity index is 1.50. The average molecular weight is 482 g/mol. The van der Waals surface area contributed by atoms with Crippen LogP contribution in [0.25, 0.3) is 0 Å². The summed E-state index contributed by atoms with van der Waals surface area (Å²) in [6.07, 6.45) is 2.04. The predicted molar refractivity (Wildman–Crippen MR) is 136 cm³/mol. The zero-order valence-electron chi connectivity index (χ0n) is 18.1. The van der Waals surface area contributed by atoms with Crippen LogP contribution < -0.4 is 20.7 Å². The van der Waals surface area contributed by atoms with Crippen LogP contribution in [-0.4, -0.2) is 23.5 Å². The zero-order valence-corrected chi connectivity index (χ0v) is 19.6. The number of rotatable bonds is 8. The smallest absolute Gasteiger partial charge is 0.257 e. The fourth-order valence-corrected chi connectivity index (χ4v) is 3.25. The van der Waals surface area contributed by atoms with E-state index in [1.54, 1.807) is 72.8 Å². The number of carbonyl (C=O) groups excluding carboxylic acids is 2. The molecule has 6 nitrogen and oxygen atoms in total. The summed E-state index contributed by atoms with van der Waals surface area (Å²) < 4.78 is 5.60. The molecule has 3 aromatic rings. The van der Waals surface area contributed by atoms with Crippen molar-refractivity contribution >= 4 is 52.1 Å². The van der Waals surface area contributed by atoms with Crippen molar-refractivity contribution in [1.29, 1.82) is 0 Å². The Labute approximate surface area is 203 Å². The fourth-order valence-electron chi connectivity index (χ4n) is 2.84. The van der Waals surface area contributed by atoms with Gasteiger partial charge in [-0.05, 0) is 85.4 Å². The Bertz CT molecular complexity index is 1120. The molecule has 0 saturated carbocycles. The molecule has 0 atom stereocenters. The van der Waals surface area contributed by atoms with Gasteiger partial charge in [-0.15, -0.1) is 0 Å². The molecule has 0 aliphatic carbocycles. The Hall–Kier alpha value is -3.42. The first-order valence-electron chi connectivity index (χ1n) is 10.5. The van der Waals surface area contributed by atoms with Crippen LogP contribution in [-0.2, 0) is 0 Å². The van der Waals surface area contributed by atoms with Crippen molar-refractivity contribution in [2.75, 3.05) is 17.2 Å². The number of ether oxygens (including phenoxy) is 1. The van der Waals surface area contributed by atoms with Crippen LogP contribution in [0.15, 0.2) is 72.8 Å². The molecule has 2 amide bonds. The molecule has 0 heterocycles. The first-order chi connectivity index (χ1) is 15.9. The SMILES string of the molecule is CCCCOc1ccc(C(=O)NC(=S)Nc2ccc(NC(=O)c3cccc(Cl)c3)cc2)cc1. The van der Waals surface area contributed by atoms with Crippen molar-refractivity contribution < 1.29 is 14.3 Å². The third kappa shape index (κ3) is 7.59. The van der Waals surface area contributed by atoms with Crippen molar-refractivity contribution in [3.05, 3.63) is 88.9 Å². The highest BCUT2D eigenvalue weighted by Gasteiger charge is 2.09. The van der Waals surface area contributed by atoms with E-state index in [2.05, 4.69) is 22.9 Å². The van der Waals surface area contributed by atoms with Crippen molar-refractivity contribution in [1.82, 2.24) is 5.32 Å². The maximum absolute atomic E-state index is 12.4. The number of thiocarbonyl (C=S) groups is 1. The van der Waals surface area contributed by atoms with E-state index in [0.29, 0.717) is 34.1 Å². The molecule has 0 unspecified atom stereocenters. The second-order valence-corrected chi connectivity index (χ2v) is 8.02. The Morgan fingerprint density at radius 3 is 2.18 bits per heavy atom. The summed E-state index contributed by atoms with van der Waals surface area (Å²) in [6.45, 7) is 2.75. The maximum Gasteiger partial charge on any atom is 0.257 e. The van der Waals surface area contributed by atoms with Gasteiger partial charge in [-0.1, -0.05) is 31.0 Å². The molecule has 0 aliphatic heterocycles. The van der Waals surface area contributed by atoms with Gasteiger partial charge in [0, 0.05) is 27.5 Å². The van der Waals surface area contributed by atoms with E-state index in [-0.39, 0.29) is 16.9 Å². The summed E-state index contributed by atoms with van der Waals surface area (Å²) in [5, 5.41) is 9.06. The van der Waals surface area contributed by atoms with Crippen molar-refractivity contribution in [3.8, 4) is 5.75 Å². The molecule has 170 valence electrons. The van der Waals surface area contributed by atoms with Gasteiger partial charge in [0.2, 0.25) is 0 Å². The minimum Gasteiger partial charge on any atom is -0.494 e. The number of hydrogen-bond donors (Lipinski definition) is 3. The predicted octanol–water partition coefficient (Wildman–Crippen LogP) is 5.90. The highest BCUT2D eigenvalue weighted by molar-refractivity contribution is 7.80. The van der Waals surface area contributed by atoms with Gasteiger partial charge >= 0.3 is 0 Å². The summed E-state index contributed by atoms with van der Waals surface area (Å²) in [4.78, 5) is 24.7. The first kappa shape index (κ1) is 24.2. The largest absolute Gasteiger partial charge is 0.494 e. The number of halogens is 1. The van der Waals surface area contributed by atoms with Crippen LogP contribution in [0.3, 0.4) is 0 Å². The van der Waals surface area contributed by atoms with E-state index >= 15 is 0 Å². The van der Waals surface area contributed by atoms with E-state index < -0.39 is 0 Å². The molecule has 3 rings (SSSR count). The number of nitrogens with one attached hydrogen (secondary N) is 3. The monoisotopic (exact) mass is 481 g/mol. The van der Waals surface area contributed by atoms with Crippen molar-refractivity contribution in [2.45, 2.75) is 19.8 Å². The van der Waals surface area contributed by atoms with Crippen LogP contribution >= 0.6 is 23.8 Å². The van der Waals surface area contributed by atoms with Gasteiger partial charge < -0.3 is 15.4 Å². The van der Waals surface area contributed by atoms with Gasteiger partial charge in [-0.25, -0.2) is 0 Å². The molecule has 0 spiro atoms. The van der Waals surface area contributed by atoms with E-state index in [1.807, 2.05) is 0 Å². The van der Waals surface area contributed by atoms with E-state index in [0.717, 1.165) is 18.6 Å². The van der Waals surface area contributed by atoms with Gasteiger partial charge in [0.1, 0.15) is 5.75 Å². The first-order valence-corrected chi connectivity index (χ1v) is 11.3. The lowest BCUT2D eigenvalue weighted by Gasteiger charge is -2.11. The van der Waals surface area contributed by atoms with E-state index in [1.165, 1.54) is 0 Å². The van der Waals surface area contributed by atoms with Crippen molar-refractivity contribution in [2.24, 2.45) is 0 Å². The summed E-state index contributed by atoms with van der Waals surface area (Å²) in [5.74, 6) is 0.143. The van der Waals surface area contributed by atoms with E-state index in [9.17, 15) is 9.59 Å². The van der Waals surface area contributed by atoms with Gasteiger partial charge in [0.25, 0.3) is 11.8 Å². The molecule has 0 aromatic heterocycles. The minimum atomic E-state index is -0.321. The van der Waals surface area contributed by atoms with Crippen molar-refractivity contribution in [3.63, 3.8) is 0 Å². The van der Waals surface area contributed by atoms with Crippen LogP contribution in [0.5, 0.6) is 5.75 Å². The van der Waals surface area contributed by atoms with E-state index in [4.69, 9.17) is 28.6 Å². The van der Waals surface area contributed by atoms with Crippen LogP contribution in [0.4, 0.5) is 11.4 Å². The van der Waals surface area contributed by atoms with Gasteiger partial charge in [0.15, 0.2) is 5.11 Å². The molecule has 0 fully saturated rings. The molecular weight excluding hydrogens is 458 g/mol. The molecular formula is C25H24ClN3O3S. The molecule has 3 aromatic carbocycles. The van der Waals surface area contributed by atoms with Crippen LogP contribution in [0.1, 0.15) is 40.5 Å². The highest BCUT2D eigenvalue weighted by atomic mass is 35.5. The lowest BCUT2D eigenvalue weighted by Crippen LogP contribution is -2.34. The van der Waals surface area contributed by atoms with Crippen LogP contribution in [0.2, 0.25) is 5.02 Å². The molecule has 33 heavy (non-hydrogen) atoms. The number of amides is 2. The topological polar surface area (TPSA) is 79.5 Å². The normalized spacial score (nSPS) is 10.2. The molecule has 8 heteroatoms. The van der Waals surface area contributed by atoms with Crippen LogP contribution in [0, 0.1) is 0 Å². The lowest BCUT2D eigenvalue weighted by atomic mass is 10.2.